The number of aromatic amines is 1. The van der Waals surface area contributed by atoms with E-state index in [-0.39, 0.29) is 25.2 Å². The van der Waals surface area contributed by atoms with Crippen LogP contribution in [0.15, 0.2) is 30.5 Å². The van der Waals surface area contributed by atoms with E-state index in [0.717, 1.165) is 10.9 Å². The van der Waals surface area contributed by atoms with Crippen LogP contribution >= 0.6 is 0 Å². The number of carboxylic acids is 1. The summed E-state index contributed by atoms with van der Waals surface area (Å²) < 4.78 is 0. The maximum absolute atomic E-state index is 13.2. The number of carbonyl (C=O) groups is 5. The Morgan fingerprint density at radius 3 is 2.11 bits per heavy atom. The number of nitrogens with one attached hydrogen (secondary N) is 4. The van der Waals surface area contributed by atoms with Crippen LogP contribution in [-0.2, 0) is 30.4 Å². The number of aromatic nitrogens is 1. The van der Waals surface area contributed by atoms with E-state index in [2.05, 4.69) is 20.9 Å². The first-order valence-corrected chi connectivity index (χ1v) is 12.5. The van der Waals surface area contributed by atoms with Gasteiger partial charge in [0.1, 0.15) is 18.1 Å². The molecule has 2 rings (SSSR count). The number of hydrogen-bond donors (Lipinski definition) is 7. The Kier molecular flexibility index (Phi) is 10.8. The van der Waals surface area contributed by atoms with Crippen LogP contribution in [-0.4, -0.2) is 63.9 Å². The number of carboxylic acid groups (broad SMARTS) is 1. The molecule has 0 bridgehead atoms. The number of amides is 4. The molecule has 9 N–H and O–H groups in total. The quantitative estimate of drug-likeness (QED) is 0.180. The van der Waals surface area contributed by atoms with Crippen LogP contribution in [0.5, 0.6) is 0 Å². The Labute approximate surface area is 221 Å². The molecule has 2 aromatic rings. The molecule has 1 aromatic heterocycles. The van der Waals surface area contributed by atoms with E-state index in [1.54, 1.807) is 33.9 Å². The van der Waals surface area contributed by atoms with Crippen molar-refractivity contribution >= 4 is 40.5 Å². The highest BCUT2D eigenvalue weighted by atomic mass is 16.4. The SMILES string of the molecule is CC(C)C(N)C(=O)NC(CCC(N)=O)C(=O)NC(C(=O)NC(Cc1c[nH]c2ccccc12)C(=O)O)C(C)C. The van der Waals surface area contributed by atoms with Gasteiger partial charge in [-0.3, -0.25) is 19.2 Å². The number of H-pyrrole nitrogens is 1. The molecule has 0 aliphatic rings. The molecule has 0 fully saturated rings. The highest BCUT2D eigenvalue weighted by Crippen LogP contribution is 2.19. The molecular formula is C26H38N6O6. The zero-order chi connectivity index (χ0) is 28.6. The number of fused-ring (bicyclic) bond motifs is 1. The first-order valence-electron chi connectivity index (χ1n) is 12.5. The summed E-state index contributed by atoms with van der Waals surface area (Å²) in [5.74, 6) is -4.51. The average Bonchev–Trinajstić information content (AvgIpc) is 3.25. The van der Waals surface area contributed by atoms with Gasteiger partial charge in [0.2, 0.25) is 23.6 Å². The van der Waals surface area contributed by atoms with Gasteiger partial charge in [0.25, 0.3) is 0 Å². The van der Waals surface area contributed by atoms with Crippen molar-refractivity contribution in [1.29, 1.82) is 0 Å². The largest absolute Gasteiger partial charge is 0.480 e. The van der Waals surface area contributed by atoms with E-state index in [1.807, 2.05) is 24.3 Å². The number of aliphatic carboxylic acids is 1. The topological polar surface area (TPSA) is 209 Å². The predicted molar refractivity (Wildman–Crippen MR) is 142 cm³/mol. The highest BCUT2D eigenvalue weighted by Gasteiger charge is 2.32. The zero-order valence-corrected chi connectivity index (χ0v) is 22.1. The fourth-order valence-corrected chi connectivity index (χ4v) is 3.90. The number of rotatable bonds is 14. The third-order valence-corrected chi connectivity index (χ3v) is 6.29. The molecule has 12 heteroatoms. The predicted octanol–water partition coefficient (Wildman–Crippen LogP) is 0.154. The second-order valence-corrected chi connectivity index (χ2v) is 10.0. The lowest BCUT2D eigenvalue weighted by Gasteiger charge is -2.27. The summed E-state index contributed by atoms with van der Waals surface area (Å²) in [6.45, 7) is 6.87. The van der Waals surface area contributed by atoms with Crippen molar-refractivity contribution in [2.75, 3.05) is 0 Å². The highest BCUT2D eigenvalue weighted by molar-refractivity contribution is 5.94. The first-order chi connectivity index (χ1) is 17.8. The molecular weight excluding hydrogens is 492 g/mol. The summed E-state index contributed by atoms with van der Waals surface area (Å²) in [6.07, 6.45) is 1.44. The summed E-state index contributed by atoms with van der Waals surface area (Å²) in [7, 11) is 0. The lowest BCUT2D eigenvalue weighted by Crippen LogP contribution is -2.59. The van der Waals surface area contributed by atoms with Crippen LogP contribution in [0.3, 0.4) is 0 Å². The molecule has 0 spiro atoms. The second-order valence-electron chi connectivity index (χ2n) is 10.0. The lowest BCUT2D eigenvalue weighted by molar-refractivity contribution is -0.142. The first kappa shape index (κ1) is 30.3. The third-order valence-electron chi connectivity index (χ3n) is 6.29. The smallest absolute Gasteiger partial charge is 0.326 e. The van der Waals surface area contributed by atoms with Crippen LogP contribution in [0.1, 0.15) is 46.1 Å². The fourth-order valence-electron chi connectivity index (χ4n) is 3.90. The molecule has 12 nitrogen and oxygen atoms in total. The summed E-state index contributed by atoms with van der Waals surface area (Å²) in [6, 6.07) is 2.97. The number of hydrogen-bond acceptors (Lipinski definition) is 6. The Balaban J connectivity index is 2.17. The van der Waals surface area contributed by atoms with Gasteiger partial charge < -0.3 is 37.5 Å². The Morgan fingerprint density at radius 2 is 1.53 bits per heavy atom. The van der Waals surface area contributed by atoms with Crippen molar-refractivity contribution in [3.63, 3.8) is 0 Å². The monoisotopic (exact) mass is 530 g/mol. The third kappa shape index (κ3) is 8.30. The van der Waals surface area contributed by atoms with Crippen molar-refractivity contribution in [2.45, 2.75) is 71.1 Å². The van der Waals surface area contributed by atoms with Crippen molar-refractivity contribution in [2.24, 2.45) is 23.3 Å². The standard InChI is InChI=1S/C26H38N6O6/c1-13(2)21(28)24(35)30-18(9-10-20(27)33)23(34)32-22(14(3)4)25(36)31-19(26(37)38)11-15-12-29-17-8-6-5-7-16(15)17/h5-8,12-14,18-19,21-22,29H,9-11,28H2,1-4H3,(H2,27,33)(H,30,35)(H,31,36)(H,32,34)(H,37,38). The molecule has 1 heterocycles. The molecule has 0 radical (unpaired) electrons. The minimum Gasteiger partial charge on any atom is -0.480 e. The van der Waals surface area contributed by atoms with Gasteiger partial charge in [0.15, 0.2) is 0 Å². The van der Waals surface area contributed by atoms with E-state index in [0.29, 0.717) is 5.56 Å². The second kappa shape index (κ2) is 13.6. The maximum atomic E-state index is 13.2. The average molecular weight is 531 g/mol. The molecule has 4 unspecified atom stereocenters. The molecule has 4 atom stereocenters. The number of nitrogens with two attached hydrogens (primary N) is 2. The van der Waals surface area contributed by atoms with Crippen molar-refractivity contribution < 1.29 is 29.1 Å². The zero-order valence-electron chi connectivity index (χ0n) is 22.1. The number of para-hydroxylation sites is 1. The molecule has 4 amide bonds. The van der Waals surface area contributed by atoms with Crippen LogP contribution < -0.4 is 27.4 Å². The molecule has 0 saturated carbocycles. The van der Waals surface area contributed by atoms with E-state index >= 15 is 0 Å². The summed E-state index contributed by atoms with van der Waals surface area (Å²) >= 11 is 0. The van der Waals surface area contributed by atoms with Gasteiger partial charge in [0.05, 0.1) is 6.04 Å². The van der Waals surface area contributed by atoms with Crippen LogP contribution in [0.25, 0.3) is 10.9 Å². The molecule has 38 heavy (non-hydrogen) atoms. The number of carbonyl (C=O) groups excluding carboxylic acids is 4. The molecule has 208 valence electrons. The van der Waals surface area contributed by atoms with Gasteiger partial charge in [-0.25, -0.2) is 4.79 Å². The number of benzene rings is 1. The van der Waals surface area contributed by atoms with Gasteiger partial charge in [0, 0.05) is 29.9 Å². The normalized spacial score (nSPS) is 14.5. The van der Waals surface area contributed by atoms with E-state index in [1.165, 1.54) is 0 Å². The van der Waals surface area contributed by atoms with Crippen molar-refractivity contribution in [1.82, 2.24) is 20.9 Å². The molecule has 1 aromatic carbocycles. The van der Waals surface area contributed by atoms with E-state index in [4.69, 9.17) is 11.5 Å². The van der Waals surface area contributed by atoms with Gasteiger partial charge in [-0.2, -0.15) is 0 Å². The Hall–Kier alpha value is -3.93. The molecule has 0 aliphatic heterocycles. The lowest BCUT2D eigenvalue weighted by atomic mass is 9.99. The van der Waals surface area contributed by atoms with Gasteiger partial charge >= 0.3 is 5.97 Å². The molecule has 0 aliphatic carbocycles. The summed E-state index contributed by atoms with van der Waals surface area (Å²) in [4.78, 5) is 65.1. The fraction of sp³-hybridized carbons (Fsp3) is 0.500. The minimum atomic E-state index is -1.26. The van der Waals surface area contributed by atoms with Crippen LogP contribution in [0.2, 0.25) is 0 Å². The van der Waals surface area contributed by atoms with E-state index in [9.17, 15) is 29.1 Å². The van der Waals surface area contributed by atoms with Gasteiger partial charge in [-0.05, 0) is 29.9 Å². The van der Waals surface area contributed by atoms with E-state index < -0.39 is 59.7 Å². The number of primary amides is 1. The Bertz CT molecular complexity index is 1160. The minimum absolute atomic E-state index is 0.0221. The maximum Gasteiger partial charge on any atom is 0.326 e. The van der Waals surface area contributed by atoms with Gasteiger partial charge in [-0.1, -0.05) is 45.9 Å². The van der Waals surface area contributed by atoms with Crippen molar-refractivity contribution in [3.8, 4) is 0 Å². The summed E-state index contributed by atoms with van der Waals surface area (Å²) in [5, 5.41) is 18.3. The van der Waals surface area contributed by atoms with Crippen molar-refractivity contribution in [3.05, 3.63) is 36.0 Å². The Morgan fingerprint density at radius 1 is 0.895 bits per heavy atom. The van der Waals surface area contributed by atoms with Crippen LogP contribution in [0, 0.1) is 11.8 Å². The molecule has 0 saturated heterocycles. The van der Waals surface area contributed by atoms with Gasteiger partial charge in [-0.15, -0.1) is 0 Å². The van der Waals surface area contributed by atoms with Crippen LogP contribution in [0.4, 0.5) is 0 Å². The summed E-state index contributed by atoms with van der Waals surface area (Å²) in [5.41, 5.74) is 12.7.